The quantitative estimate of drug-likeness (QED) is 0.366. The van der Waals surface area contributed by atoms with Crippen molar-refractivity contribution in [2.75, 3.05) is 19.9 Å². The Morgan fingerprint density at radius 3 is 2.50 bits per heavy atom. The summed E-state index contributed by atoms with van der Waals surface area (Å²) in [6.45, 7) is 7.36. The van der Waals surface area contributed by atoms with Crippen molar-refractivity contribution in [3.05, 3.63) is 63.5 Å². The fourth-order valence-corrected chi connectivity index (χ4v) is 3.96. The highest BCUT2D eigenvalue weighted by molar-refractivity contribution is 5.89. The molecule has 1 aromatic heterocycles. The van der Waals surface area contributed by atoms with Gasteiger partial charge in [0.1, 0.15) is 23.8 Å². The van der Waals surface area contributed by atoms with Gasteiger partial charge in [-0.15, -0.1) is 0 Å². The standard InChI is InChI=1S/C26H26F3NO6/c1-4-11-33-25(32)16-5-7-17(8-6-16)35-23-21(31)18-9-10-20-19(13-30(14-34-20)12-15(2)3)22(18)36-24(23)26(27,28)29/h5-10,15H,4,11-14H2,1-3H3. The van der Waals surface area contributed by atoms with Crippen molar-refractivity contribution in [1.29, 1.82) is 0 Å². The van der Waals surface area contributed by atoms with Crippen LogP contribution in [0.25, 0.3) is 11.0 Å². The first kappa shape index (κ1) is 25.6. The van der Waals surface area contributed by atoms with Crippen molar-refractivity contribution in [2.45, 2.75) is 39.9 Å². The predicted molar refractivity (Wildman–Crippen MR) is 125 cm³/mol. The second kappa shape index (κ2) is 10.2. The van der Waals surface area contributed by atoms with E-state index >= 15 is 0 Å². The molecule has 0 saturated carbocycles. The van der Waals surface area contributed by atoms with Crippen molar-refractivity contribution < 1.29 is 36.6 Å². The van der Waals surface area contributed by atoms with Crippen LogP contribution in [0.15, 0.2) is 45.6 Å². The first-order valence-corrected chi connectivity index (χ1v) is 11.6. The summed E-state index contributed by atoms with van der Waals surface area (Å²) in [5, 5.41) is -0.0495. The van der Waals surface area contributed by atoms with Crippen LogP contribution in [0, 0.1) is 5.92 Å². The molecule has 7 nitrogen and oxygen atoms in total. The van der Waals surface area contributed by atoms with E-state index in [-0.39, 0.29) is 42.2 Å². The molecule has 2 aromatic carbocycles. The molecule has 0 fully saturated rings. The minimum absolute atomic E-state index is 0.0495. The minimum atomic E-state index is -5.00. The maximum atomic E-state index is 14.0. The molecule has 4 rings (SSSR count). The molecular weight excluding hydrogens is 479 g/mol. The zero-order chi connectivity index (χ0) is 26.0. The molecule has 192 valence electrons. The summed E-state index contributed by atoms with van der Waals surface area (Å²) in [5.41, 5.74) is -0.558. The molecule has 36 heavy (non-hydrogen) atoms. The van der Waals surface area contributed by atoms with Crippen LogP contribution in [0.3, 0.4) is 0 Å². The third kappa shape index (κ3) is 5.33. The maximum absolute atomic E-state index is 14.0. The van der Waals surface area contributed by atoms with Crippen molar-refractivity contribution in [3.63, 3.8) is 0 Å². The highest BCUT2D eigenvalue weighted by Crippen LogP contribution is 2.41. The summed E-state index contributed by atoms with van der Waals surface area (Å²) in [6, 6.07) is 8.20. The van der Waals surface area contributed by atoms with E-state index in [4.69, 9.17) is 18.6 Å². The van der Waals surface area contributed by atoms with E-state index in [2.05, 4.69) is 0 Å². The number of alkyl halides is 3. The number of esters is 1. The minimum Gasteiger partial charge on any atom is -0.478 e. The van der Waals surface area contributed by atoms with E-state index in [1.807, 2.05) is 25.7 Å². The van der Waals surface area contributed by atoms with Gasteiger partial charge in [0.2, 0.25) is 11.2 Å². The SMILES string of the molecule is CCCOC(=O)c1ccc(Oc2c(C(F)(F)F)oc3c4c(ccc3c2=O)OCN(CC(C)C)C4)cc1. The van der Waals surface area contributed by atoms with Gasteiger partial charge in [0.05, 0.1) is 23.1 Å². The van der Waals surface area contributed by atoms with Crippen LogP contribution in [-0.4, -0.2) is 30.8 Å². The molecule has 2 heterocycles. The molecule has 0 amide bonds. The van der Waals surface area contributed by atoms with Gasteiger partial charge < -0.3 is 18.6 Å². The molecular formula is C26H26F3NO6. The summed E-state index contributed by atoms with van der Waals surface area (Å²) in [4.78, 5) is 27.1. The van der Waals surface area contributed by atoms with Crippen molar-refractivity contribution >= 4 is 16.9 Å². The van der Waals surface area contributed by atoms with E-state index in [9.17, 15) is 22.8 Å². The number of hydrogen-bond acceptors (Lipinski definition) is 7. The Morgan fingerprint density at radius 2 is 1.86 bits per heavy atom. The lowest BCUT2D eigenvalue weighted by molar-refractivity contribution is -0.154. The van der Waals surface area contributed by atoms with E-state index in [0.717, 1.165) is 0 Å². The van der Waals surface area contributed by atoms with Crippen LogP contribution in [-0.2, 0) is 17.5 Å². The number of hydrogen-bond donors (Lipinski definition) is 0. The Morgan fingerprint density at radius 1 is 1.14 bits per heavy atom. The third-order valence-electron chi connectivity index (χ3n) is 5.49. The average molecular weight is 505 g/mol. The highest BCUT2D eigenvalue weighted by Gasteiger charge is 2.41. The summed E-state index contributed by atoms with van der Waals surface area (Å²) in [6.07, 6.45) is -4.35. The van der Waals surface area contributed by atoms with Crippen LogP contribution in [0.1, 0.15) is 48.9 Å². The van der Waals surface area contributed by atoms with Gasteiger partial charge in [-0.1, -0.05) is 20.8 Å². The lowest BCUT2D eigenvalue weighted by atomic mass is 10.1. The number of carbonyl (C=O) groups is 1. The number of fused-ring (bicyclic) bond motifs is 3. The summed E-state index contributed by atoms with van der Waals surface area (Å²) in [7, 11) is 0. The van der Waals surface area contributed by atoms with Crippen LogP contribution in [0.4, 0.5) is 13.2 Å². The molecule has 1 aliphatic rings. The summed E-state index contributed by atoms with van der Waals surface area (Å²) in [5.74, 6) is -2.47. The molecule has 1 aliphatic heterocycles. The topological polar surface area (TPSA) is 78.2 Å². The average Bonchev–Trinajstić information content (AvgIpc) is 2.83. The maximum Gasteiger partial charge on any atom is 0.453 e. The Bertz CT molecular complexity index is 1310. The lowest BCUT2D eigenvalue weighted by Crippen LogP contribution is -2.35. The van der Waals surface area contributed by atoms with Crippen molar-refractivity contribution in [1.82, 2.24) is 4.90 Å². The van der Waals surface area contributed by atoms with Crippen molar-refractivity contribution in [2.24, 2.45) is 5.92 Å². The summed E-state index contributed by atoms with van der Waals surface area (Å²) < 4.78 is 63.5. The Balaban J connectivity index is 1.74. The van der Waals surface area contributed by atoms with Crippen molar-refractivity contribution in [3.8, 4) is 17.2 Å². The summed E-state index contributed by atoms with van der Waals surface area (Å²) >= 11 is 0. The van der Waals surface area contributed by atoms with Gasteiger partial charge >= 0.3 is 12.1 Å². The molecule has 3 aromatic rings. The molecule has 0 saturated heterocycles. The van der Waals surface area contributed by atoms with Gasteiger partial charge in [-0.2, -0.15) is 13.2 Å². The Kier molecular flexibility index (Phi) is 7.26. The van der Waals surface area contributed by atoms with Crippen LogP contribution in [0.2, 0.25) is 0 Å². The number of nitrogens with zero attached hydrogens (tertiary/aromatic N) is 1. The van der Waals surface area contributed by atoms with E-state index in [1.54, 1.807) is 6.07 Å². The van der Waals surface area contributed by atoms with Crippen LogP contribution < -0.4 is 14.9 Å². The molecule has 0 spiro atoms. The van der Waals surface area contributed by atoms with Gasteiger partial charge in [-0.3, -0.25) is 9.69 Å². The Hall–Kier alpha value is -3.53. The molecule has 10 heteroatoms. The molecule has 0 N–H and O–H groups in total. The van der Waals surface area contributed by atoms with E-state index in [0.29, 0.717) is 30.2 Å². The molecule has 0 unspecified atom stereocenters. The fraction of sp³-hybridized carbons (Fsp3) is 0.385. The zero-order valence-electron chi connectivity index (χ0n) is 20.1. The first-order valence-electron chi connectivity index (χ1n) is 11.6. The van der Waals surface area contributed by atoms with Crippen LogP contribution in [0.5, 0.6) is 17.2 Å². The second-order valence-corrected chi connectivity index (χ2v) is 8.95. The molecule has 0 radical (unpaired) electrons. The van der Waals surface area contributed by atoms with Crippen LogP contribution >= 0.6 is 0 Å². The Labute approximate surface area is 205 Å². The number of ether oxygens (including phenoxy) is 3. The number of halogens is 3. The first-order chi connectivity index (χ1) is 17.1. The number of rotatable bonds is 7. The number of carbonyl (C=O) groups excluding carboxylic acids is 1. The monoisotopic (exact) mass is 505 g/mol. The smallest absolute Gasteiger partial charge is 0.453 e. The normalized spacial score (nSPS) is 14.0. The van der Waals surface area contributed by atoms with Gasteiger partial charge in [0, 0.05) is 13.1 Å². The third-order valence-corrected chi connectivity index (χ3v) is 5.49. The van der Waals surface area contributed by atoms with Gasteiger partial charge in [0.15, 0.2) is 0 Å². The molecule has 0 aliphatic carbocycles. The van der Waals surface area contributed by atoms with E-state index < -0.39 is 29.1 Å². The highest BCUT2D eigenvalue weighted by atomic mass is 19.4. The van der Waals surface area contributed by atoms with Gasteiger partial charge in [-0.25, -0.2) is 4.79 Å². The number of benzene rings is 2. The predicted octanol–water partition coefficient (Wildman–Crippen LogP) is 5.98. The van der Waals surface area contributed by atoms with Gasteiger partial charge in [0.25, 0.3) is 5.76 Å². The molecule has 0 bridgehead atoms. The lowest BCUT2D eigenvalue weighted by Gasteiger charge is -2.30. The van der Waals surface area contributed by atoms with Gasteiger partial charge in [-0.05, 0) is 48.7 Å². The fourth-order valence-electron chi connectivity index (χ4n) is 3.96. The molecule has 0 atom stereocenters. The zero-order valence-corrected chi connectivity index (χ0v) is 20.1. The van der Waals surface area contributed by atoms with E-state index in [1.165, 1.54) is 30.3 Å². The second-order valence-electron chi connectivity index (χ2n) is 8.95. The largest absolute Gasteiger partial charge is 0.478 e.